The largest absolute Gasteiger partial charge is 0.472 e. The first-order valence-electron chi connectivity index (χ1n) is 13.4. The minimum atomic E-state index is -0.740. The van der Waals surface area contributed by atoms with Crippen molar-refractivity contribution in [2.24, 2.45) is 0 Å². The van der Waals surface area contributed by atoms with E-state index in [0.717, 1.165) is 76.0 Å². The van der Waals surface area contributed by atoms with Gasteiger partial charge in [-0.05, 0) is 56.2 Å². The molecule has 0 unspecified atom stereocenters. The molecule has 3 fully saturated rings. The van der Waals surface area contributed by atoms with Crippen LogP contribution in [0.25, 0.3) is 11.1 Å². The quantitative estimate of drug-likeness (QED) is 0.463. The molecule has 2 aromatic heterocycles. The number of hydrogen-bond acceptors (Lipinski definition) is 9. The number of anilines is 2. The molecule has 0 spiro atoms. The van der Waals surface area contributed by atoms with Gasteiger partial charge in [0.15, 0.2) is 0 Å². The molecular weight excluding hydrogens is 482 g/mol. The van der Waals surface area contributed by atoms with Crippen LogP contribution in [0.4, 0.5) is 11.6 Å². The molecule has 10 heteroatoms. The molecule has 0 amide bonds. The number of aromatic nitrogens is 4. The van der Waals surface area contributed by atoms with Crippen LogP contribution in [-0.2, 0) is 4.74 Å². The van der Waals surface area contributed by atoms with E-state index in [2.05, 4.69) is 26.3 Å². The fourth-order valence-electron chi connectivity index (χ4n) is 5.28. The van der Waals surface area contributed by atoms with Gasteiger partial charge < -0.3 is 19.9 Å². The number of aliphatic hydroxyl groups is 1. The van der Waals surface area contributed by atoms with Crippen molar-refractivity contribution in [2.45, 2.75) is 56.2 Å². The van der Waals surface area contributed by atoms with Gasteiger partial charge >= 0.3 is 0 Å². The van der Waals surface area contributed by atoms with Gasteiger partial charge in [0.1, 0.15) is 12.3 Å². The molecule has 6 rings (SSSR count). The Bertz CT molecular complexity index is 1270. The second-order valence-electron chi connectivity index (χ2n) is 10.6. The summed E-state index contributed by atoms with van der Waals surface area (Å²) in [6.07, 6.45) is 11.4. The van der Waals surface area contributed by atoms with Gasteiger partial charge in [-0.15, -0.1) is 5.10 Å². The van der Waals surface area contributed by atoms with Crippen molar-refractivity contribution in [3.05, 3.63) is 48.4 Å². The van der Waals surface area contributed by atoms with Crippen LogP contribution in [0.2, 0.25) is 0 Å². The molecule has 3 aromatic rings. The zero-order valence-corrected chi connectivity index (χ0v) is 21.4. The van der Waals surface area contributed by atoms with Gasteiger partial charge in [0, 0.05) is 37.1 Å². The van der Waals surface area contributed by atoms with Crippen molar-refractivity contribution in [3.63, 3.8) is 0 Å². The summed E-state index contributed by atoms with van der Waals surface area (Å²) in [5.41, 5.74) is 2.37. The third-order valence-electron chi connectivity index (χ3n) is 7.85. The summed E-state index contributed by atoms with van der Waals surface area (Å²) in [4.78, 5) is 11.6. The zero-order chi connectivity index (χ0) is 26.0. The van der Waals surface area contributed by atoms with Crippen LogP contribution in [0, 0.1) is 11.3 Å². The number of nitriles is 1. The highest BCUT2D eigenvalue weighted by molar-refractivity contribution is 5.64. The van der Waals surface area contributed by atoms with E-state index in [9.17, 15) is 5.11 Å². The SMILES string of the molecule is N#Cc1ccc(-c2cnc(Nc3cn(C4CCC(N5CCOCC5)CC4)nc3OCC3(O)CC3)nc2)cc1. The van der Waals surface area contributed by atoms with E-state index in [0.29, 0.717) is 35.2 Å². The van der Waals surface area contributed by atoms with Crippen molar-refractivity contribution in [1.29, 1.82) is 5.26 Å². The molecule has 1 aliphatic heterocycles. The minimum Gasteiger partial charge on any atom is -0.472 e. The fraction of sp³-hybridized carbons (Fsp3) is 0.500. The fourth-order valence-corrected chi connectivity index (χ4v) is 5.28. The van der Waals surface area contributed by atoms with Gasteiger partial charge in [-0.3, -0.25) is 9.58 Å². The maximum Gasteiger partial charge on any atom is 0.257 e. The van der Waals surface area contributed by atoms with Crippen molar-refractivity contribution >= 4 is 11.6 Å². The molecule has 198 valence electrons. The summed E-state index contributed by atoms with van der Waals surface area (Å²) in [5.74, 6) is 0.897. The number of benzene rings is 1. The second kappa shape index (κ2) is 10.7. The first-order valence-corrected chi connectivity index (χ1v) is 13.4. The van der Waals surface area contributed by atoms with Gasteiger partial charge in [0.2, 0.25) is 5.95 Å². The monoisotopic (exact) mass is 515 g/mol. The Labute approximate surface area is 222 Å². The van der Waals surface area contributed by atoms with Crippen LogP contribution in [0.3, 0.4) is 0 Å². The predicted octanol–water partition coefficient (Wildman–Crippen LogP) is 3.67. The van der Waals surface area contributed by atoms with Crippen LogP contribution in [0.1, 0.15) is 50.1 Å². The van der Waals surface area contributed by atoms with Crippen LogP contribution in [-0.4, -0.2) is 74.3 Å². The molecule has 2 aliphatic carbocycles. The first-order chi connectivity index (χ1) is 18.6. The van der Waals surface area contributed by atoms with Crippen LogP contribution >= 0.6 is 0 Å². The molecule has 10 nitrogen and oxygen atoms in total. The zero-order valence-electron chi connectivity index (χ0n) is 21.4. The Kier molecular flexibility index (Phi) is 6.98. The molecule has 2 N–H and O–H groups in total. The molecule has 0 atom stereocenters. The number of morpholine rings is 1. The van der Waals surface area contributed by atoms with Crippen molar-refractivity contribution in [1.82, 2.24) is 24.6 Å². The number of rotatable bonds is 8. The lowest BCUT2D eigenvalue weighted by Gasteiger charge is -2.38. The lowest BCUT2D eigenvalue weighted by atomic mass is 9.90. The third-order valence-corrected chi connectivity index (χ3v) is 7.85. The topological polar surface area (TPSA) is 121 Å². The number of hydrogen-bond donors (Lipinski definition) is 2. The van der Waals surface area contributed by atoms with Gasteiger partial charge in [0.05, 0.1) is 42.7 Å². The number of ether oxygens (including phenoxy) is 2. The van der Waals surface area contributed by atoms with Crippen molar-refractivity contribution < 1.29 is 14.6 Å². The van der Waals surface area contributed by atoms with E-state index in [-0.39, 0.29) is 6.61 Å². The molecule has 0 bridgehead atoms. The lowest BCUT2D eigenvalue weighted by molar-refractivity contribution is 0.00500. The van der Waals surface area contributed by atoms with E-state index < -0.39 is 5.60 Å². The minimum absolute atomic E-state index is 0.223. The average Bonchev–Trinajstić information content (AvgIpc) is 3.58. The summed E-state index contributed by atoms with van der Waals surface area (Å²) in [6, 6.07) is 10.4. The standard InChI is InChI=1S/C28H33N7O3/c29-15-20-1-3-21(4-2-20)22-16-30-27(31-17-22)32-25-18-35(33-26(25)38-19-28(36)9-10-28)24-7-5-23(6-8-24)34-11-13-37-14-12-34/h1-4,16-18,23-24,36H,5-14,19H2,(H,30,31,32). The smallest absolute Gasteiger partial charge is 0.257 e. The van der Waals surface area contributed by atoms with Gasteiger partial charge in [-0.25, -0.2) is 9.97 Å². The maximum absolute atomic E-state index is 10.3. The average molecular weight is 516 g/mol. The Balaban J connectivity index is 1.15. The summed E-state index contributed by atoms with van der Waals surface area (Å²) < 4.78 is 13.5. The molecular formula is C28H33N7O3. The summed E-state index contributed by atoms with van der Waals surface area (Å²) in [5, 5.41) is 27.4. The normalized spacial score (nSPS) is 22.9. The molecule has 1 aromatic carbocycles. The summed E-state index contributed by atoms with van der Waals surface area (Å²) >= 11 is 0. The maximum atomic E-state index is 10.3. The van der Waals surface area contributed by atoms with Gasteiger partial charge in [-0.2, -0.15) is 5.26 Å². The second-order valence-corrected chi connectivity index (χ2v) is 10.6. The van der Waals surface area contributed by atoms with E-state index in [1.54, 1.807) is 24.5 Å². The van der Waals surface area contributed by atoms with Gasteiger partial charge in [-0.1, -0.05) is 12.1 Å². The van der Waals surface area contributed by atoms with E-state index in [1.165, 1.54) is 0 Å². The van der Waals surface area contributed by atoms with E-state index in [1.807, 2.05) is 23.0 Å². The number of nitrogens with one attached hydrogen (secondary N) is 1. The molecule has 2 saturated carbocycles. The van der Waals surface area contributed by atoms with Crippen LogP contribution in [0.15, 0.2) is 42.9 Å². The number of nitrogens with zero attached hydrogens (tertiary/aromatic N) is 6. The molecule has 1 saturated heterocycles. The molecule has 38 heavy (non-hydrogen) atoms. The van der Waals surface area contributed by atoms with Gasteiger partial charge in [0.25, 0.3) is 5.88 Å². The Morgan fingerprint density at radius 3 is 2.37 bits per heavy atom. The molecule has 3 heterocycles. The highest BCUT2D eigenvalue weighted by Crippen LogP contribution is 2.38. The van der Waals surface area contributed by atoms with Crippen molar-refractivity contribution in [2.75, 3.05) is 38.2 Å². The Morgan fingerprint density at radius 1 is 1.03 bits per heavy atom. The van der Waals surface area contributed by atoms with E-state index in [4.69, 9.17) is 19.8 Å². The highest BCUT2D eigenvalue weighted by atomic mass is 16.5. The highest BCUT2D eigenvalue weighted by Gasteiger charge is 2.41. The van der Waals surface area contributed by atoms with Crippen LogP contribution in [0.5, 0.6) is 5.88 Å². The predicted molar refractivity (Wildman–Crippen MR) is 141 cm³/mol. The Morgan fingerprint density at radius 2 is 1.71 bits per heavy atom. The molecule has 0 radical (unpaired) electrons. The first kappa shape index (κ1) is 24.8. The lowest BCUT2D eigenvalue weighted by Crippen LogP contribution is -2.45. The van der Waals surface area contributed by atoms with Crippen LogP contribution < -0.4 is 10.1 Å². The Hall–Kier alpha value is -3.52. The van der Waals surface area contributed by atoms with Crippen molar-refractivity contribution in [3.8, 4) is 23.1 Å². The summed E-state index contributed by atoms with van der Waals surface area (Å²) in [7, 11) is 0. The molecule has 3 aliphatic rings. The summed E-state index contributed by atoms with van der Waals surface area (Å²) in [6.45, 7) is 3.93. The third kappa shape index (κ3) is 5.65. The van der Waals surface area contributed by atoms with E-state index >= 15 is 0 Å².